The lowest BCUT2D eigenvalue weighted by Gasteiger charge is -2.19. The summed E-state index contributed by atoms with van der Waals surface area (Å²) in [6.45, 7) is 5.51. The molecule has 1 unspecified atom stereocenters. The van der Waals surface area contributed by atoms with E-state index in [1.807, 2.05) is 6.07 Å². The van der Waals surface area contributed by atoms with Crippen molar-refractivity contribution < 1.29 is 0 Å². The van der Waals surface area contributed by atoms with E-state index in [-0.39, 0.29) is 0 Å². The molecule has 0 fully saturated rings. The van der Waals surface area contributed by atoms with Gasteiger partial charge in [-0.25, -0.2) is 0 Å². The van der Waals surface area contributed by atoms with Crippen LogP contribution in [0.5, 0.6) is 0 Å². The van der Waals surface area contributed by atoms with Crippen molar-refractivity contribution in [2.45, 2.75) is 58.4 Å². The van der Waals surface area contributed by atoms with Gasteiger partial charge in [-0.05, 0) is 43.1 Å². The van der Waals surface area contributed by atoms with E-state index in [1.165, 1.54) is 37.7 Å². The lowest BCUT2D eigenvalue weighted by atomic mass is 10.00. The van der Waals surface area contributed by atoms with Crippen molar-refractivity contribution in [1.82, 2.24) is 5.32 Å². The number of halogens is 2. The van der Waals surface area contributed by atoms with Crippen molar-refractivity contribution in [3.05, 3.63) is 33.3 Å². The monoisotopic (exact) mass is 345 g/mol. The van der Waals surface area contributed by atoms with E-state index in [1.54, 1.807) is 0 Å². The SMILES string of the molecule is CCCCCCC(NCCC)c1cc(Cl)cc(Br)c1. The molecule has 19 heavy (non-hydrogen) atoms. The van der Waals surface area contributed by atoms with Gasteiger partial charge in [-0.1, -0.05) is 67.1 Å². The van der Waals surface area contributed by atoms with Gasteiger partial charge in [-0.2, -0.15) is 0 Å². The molecule has 1 N–H and O–H groups in total. The van der Waals surface area contributed by atoms with Crippen LogP contribution in [0.3, 0.4) is 0 Å². The van der Waals surface area contributed by atoms with E-state index < -0.39 is 0 Å². The Bertz CT molecular complexity index is 348. The summed E-state index contributed by atoms with van der Waals surface area (Å²) in [5, 5.41) is 4.44. The maximum absolute atomic E-state index is 6.15. The minimum atomic E-state index is 0.423. The minimum absolute atomic E-state index is 0.423. The lowest BCUT2D eigenvalue weighted by molar-refractivity contribution is 0.470. The Morgan fingerprint density at radius 1 is 1.11 bits per heavy atom. The van der Waals surface area contributed by atoms with E-state index in [4.69, 9.17) is 11.6 Å². The minimum Gasteiger partial charge on any atom is -0.310 e. The van der Waals surface area contributed by atoms with Crippen LogP contribution in [0.15, 0.2) is 22.7 Å². The van der Waals surface area contributed by atoms with Crippen LogP contribution in [0.2, 0.25) is 5.02 Å². The molecule has 0 amide bonds. The van der Waals surface area contributed by atoms with Crippen LogP contribution in [0, 0.1) is 0 Å². The first-order chi connectivity index (χ1) is 9.17. The summed E-state index contributed by atoms with van der Waals surface area (Å²) in [7, 11) is 0. The Morgan fingerprint density at radius 2 is 1.89 bits per heavy atom. The normalized spacial score (nSPS) is 12.6. The maximum atomic E-state index is 6.15. The summed E-state index contributed by atoms with van der Waals surface area (Å²) in [4.78, 5) is 0. The van der Waals surface area contributed by atoms with Gasteiger partial charge >= 0.3 is 0 Å². The largest absolute Gasteiger partial charge is 0.310 e. The van der Waals surface area contributed by atoms with Crippen molar-refractivity contribution in [2.24, 2.45) is 0 Å². The molecule has 1 aromatic carbocycles. The summed E-state index contributed by atoms with van der Waals surface area (Å²) in [6.07, 6.45) is 7.57. The van der Waals surface area contributed by atoms with Crippen LogP contribution >= 0.6 is 27.5 Å². The van der Waals surface area contributed by atoms with Gasteiger partial charge in [0.15, 0.2) is 0 Å². The average molecular weight is 347 g/mol. The maximum Gasteiger partial charge on any atom is 0.0420 e. The molecule has 0 aliphatic rings. The number of hydrogen-bond donors (Lipinski definition) is 1. The third-order valence-corrected chi connectivity index (χ3v) is 3.95. The van der Waals surface area contributed by atoms with Gasteiger partial charge in [-0.3, -0.25) is 0 Å². The standard InChI is InChI=1S/C16H25BrClN/c1-3-5-6-7-8-16(19-9-4-2)13-10-14(17)12-15(18)11-13/h10-12,16,19H,3-9H2,1-2H3. The molecule has 1 atom stereocenters. The zero-order chi connectivity index (χ0) is 14.1. The van der Waals surface area contributed by atoms with Gasteiger partial charge in [-0.15, -0.1) is 0 Å². The van der Waals surface area contributed by atoms with Gasteiger partial charge in [0.1, 0.15) is 0 Å². The van der Waals surface area contributed by atoms with Gasteiger partial charge in [0.2, 0.25) is 0 Å². The van der Waals surface area contributed by atoms with E-state index in [0.717, 1.165) is 22.5 Å². The van der Waals surface area contributed by atoms with Gasteiger partial charge < -0.3 is 5.32 Å². The van der Waals surface area contributed by atoms with Crippen LogP contribution in [0.1, 0.15) is 64.0 Å². The fourth-order valence-corrected chi connectivity index (χ4v) is 3.14. The number of nitrogens with one attached hydrogen (secondary N) is 1. The quantitative estimate of drug-likeness (QED) is 0.532. The van der Waals surface area contributed by atoms with Crippen LogP contribution in [0.25, 0.3) is 0 Å². The molecule has 0 radical (unpaired) electrons. The van der Waals surface area contributed by atoms with E-state index in [9.17, 15) is 0 Å². The number of benzene rings is 1. The highest BCUT2D eigenvalue weighted by Gasteiger charge is 2.11. The van der Waals surface area contributed by atoms with Crippen molar-refractivity contribution >= 4 is 27.5 Å². The molecule has 0 heterocycles. The predicted octanol–water partition coefficient (Wildman–Crippen LogP) is 6.11. The number of rotatable bonds is 9. The Morgan fingerprint density at radius 3 is 2.53 bits per heavy atom. The number of hydrogen-bond acceptors (Lipinski definition) is 1. The molecule has 0 saturated carbocycles. The molecule has 0 aromatic heterocycles. The number of unbranched alkanes of at least 4 members (excludes halogenated alkanes) is 3. The molecular formula is C16H25BrClN. The molecule has 0 aliphatic carbocycles. The van der Waals surface area contributed by atoms with Crippen LogP contribution in [-0.2, 0) is 0 Å². The van der Waals surface area contributed by atoms with Crippen molar-refractivity contribution in [1.29, 1.82) is 0 Å². The van der Waals surface area contributed by atoms with Gasteiger partial charge in [0.05, 0.1) is 0 Å². The molecule has 108 valence electrons. The molecule has 1 nitrogen and oxygen atoms in total. The highest BCUT2D eigenvalue weighted by Crippen LogP contribution is 2.27. The predicted molar refractivity (Wildman–Crippen MR) is 88.9 cm³/mol. The second kappa shape index (κ2) is 9.79. The summed E-state index contributed by atoms with van der Waals surface area (Å²) in [5.74, 6) is 0. The fourth-order valence-electron chi connectivity index (χ4n) is 2.26. The molecule has 1 rings (SSSR count). The van der Waals surface area contributed by atoms with Crippen molar-refractivity contribution in [3.8, 4) is 0 Å². The summed E-state index contributed by atoms with van der Waals surface area (Å²) in [6, 6.07) is 6.63. The summed E-state index contributed by atoms with van der Waals surface area (Å²) in [5.41, 5.74) is 1.30. The molecule has 0 aliphatic heterocycles. The van der Waals surface area contributed by atoms with E-state index in [2.05, 4.69) is 47.2 Å². The summed E-state index contributed by atoms with van der Waals surface area (Å²) >= 11 is 9.68. The Hall–Kier alpha value is -0.0500. The van der Waals surface area contributed by atoms with Crippen molar-refractivity contribution in [2.75, 3.05) is 6.54 Å². The van der Waals surface area contributed by atoms with Crippen molar-refractivity contribution in [3.63, 3.8) is 0 Å². The van der Waals surface area contributed by atoms with Gasteiger partial charge in [0.25, 0.3) is 0 Å². The lowest BCUT2D eigenvalue weighted by Crippen LogP contribution is -2.22. The zero-order valence-corrected chi connectivity index (χ0v) is 14.4. The molecule has 0 bridgehead atoms. The zero-order valence-electron chi connectivity index (χ0n) is 12.0. The first kappa shape index (κ1) is 17.0. The average Bonchev–Trinajstić information content (AvgIpc) is 2.36. The highest BCUT2D eigenvalue weighted by molar-refractivity contribution is 9.10. The van der Waals surface area contributed by atoms with Crippen LogP contribution in [-0.4, -0.2) is 6.54 Å². The Kier molecular flexibility index (Phi) is 8.76. The van der Waals surface area contributed by atoms with Crippen LogP contribution in [0.4, 0.5) is 0 Å². The second-order valence-electron chi connectivity index (χ2n) is 5.06. The summed E-state index contributed by atoms with van der Waals surface area (Å²) < 4.78 is 1.06. The molecule has 1 aromatic rings. The topological polar surface area (TPSA) is 12.0 Å². The first-order valence-electron chi connectivity index (χ1n) is 7.36. The fraction of sp³-hybridized carbons (Fsp3) is 0.625. The van der Waals surface area contributed by atoms with E-state index >= 15 is 0 Å². The second-order valence-corrected chi connectivity index (χ2v) is 6.41. The smallest absolute Gasteiger partial charge is 0.0420 e. The molecular weight excluding hydrogens is 322 g/mol. The van der Waals surface area contributed by atoms with Gasteiger partial charge in [0, 0.05) is 15.5 Å². The Labute approximate surface area is 131 Å². The molecule has 0 spiro atoms. The highest BCUT2D eigenvalue weighted by atomic mass is 79.9. The van der Waals surface area contributed by atoms with Crippen LogP contribution < -0.4 is 5.32 Å². The molecule has 0 saturated heterocycles. The molecule has 3 heteroatoms. The third-order valence-electron chi connectivity index (χ3n) is 3.27. The Balaban J connectivity index is 2.65. The van der Waals surface area contributed by atoms with E-state index in [0.29, 0.717) is 6.04 Å². The first-order valence-corrected chi connectivity index (χ1v) is 8.53. The third kappa shape index (κ3) is 6.78.